The van der Waals surface area contributed by atoms with Crippen LogP contribution in [-0.4, -0.2) is 41.0 Å². The van der Waals surface area contributed by atoms with Gasteiger partial charge in [0.1, 0.15) is 0 Å². The molecule has 1 aliphatic heterocycles. The smallest absolute Gasteiger partial charge is 0.280 e. The zero-order valence-electron chi connectivity index (χ0n) is 12.8. The largest absolute Gasteiger partial charge is 0.321 e. The number of amides is 2. The maximum absolute atomic E-state index is 12.5. The van der Waals surface area contributed by atoms with E-state index >= 15 is 0 Å². The van der Waals surface area contributed by atoms with Crippen molar-refractivity contribution in [2.24, 2.45) is 0 Å². The fourth-order valence-corrected chi connectivity index (χ4v) is 2.70. The average Bonchev–Trinajstić information content (AvgIpc) is 2.85. The van der Waals surface area contributed by atoms with Gasteiger partial charge in [-0.25, -0.2) is 0 Å². The zero-order chi connectivity index (χ0) is 16.6. The second-order valence-electron chi connectivity index (χ2n) is 5.17. The number of rotatable bonds is 2. The molecule has 0 bridgehead atoms. The first kappa shape index (κ1) is 15.2. The molecular weight excluding hydrogens is 310 g/mol. The Bertz CT molecular complexity index is 756. The summed E-state index contributed by atoms with van der Waals surface area (Å²) in [5.74, 6) is -0.728. The number of hydrogen-bond acceptors (Lipinski definition) is 3. The van der Waals surface area contributed by atoms with Crippen LogP contribution in [0.3, 0.4) is 0 Å². The molecule has 2 amide bonds. The van der Waals surface area contributed by atoms with Crippen molar-refractivity contribution in [3.8, 4) is 0 Å². The molecule has 0 fully saturated rings. The summed E-state index contributed by atoms with van der Waals surface area (Å²) in [5.41, 5.74) is 1.67. The second-order valence-corrected chi connectivity index (χ2v) is 5.53. The maximum atomic E-state index is 12.5. The number of nitrogens with zero attached hydrogens (tertiary/aromatic N) is 3. The van der Waals surface area contributed by atoms with E-state index in [0.29, 0.717) is 16.2 Å². The Hall–Kier alpha value is -2.73. The fourth-order valence-electron chi connectivity index (χ4n) is 2.51. The van der Waals surface area contributed by atoms with Crippen LogP contribution in [0.5, 0.6) is 0 Å². The molecule has 116 valence electrons. The van der Waals surface area contributed by atoms with E-state index in [2.05, 4.69) is 0 Å². The number of hydrazine groups is 1. The third kappa shape index (κ3) is 2.47. The predicted molar refractivity (Wildman–Crippen MR) is 92.1 cm³/mol. The first-order valence-corrected chi connectivity index (χ1v) is 7.47. The summed E-state index contributed by atoms with van der Waals surface area (Å²) in [6.45, 7) is 0. The van der Waals surface area contributed by atoms with Crippen molar-refractivity contribution < 1.29 is 9.59 Å². The lowest BCUT2D eigenvalue weighted by molar-refractivity contribution is 0.0363. The van der Waals surface area contributed by atoms with Crippen LogP contribution in [0.1, 0.15) is 20.7 Å². The standard InChI is InChI=1S/C17H15N3O2S/c1-18(12-8-4-3-5-9-12)17(23)19(2)20-15(21)13-10-6-7-11-14(13)16(20)22/h3-11H,1-2H3. The molecule has 0 aliphatic carbocycles. The maximum Gasteiger partial charge on any atom is 0.280 e. The van der Waals surface area contributed by atoms with Gasteiger partial charge in [-0.3, -0.25) is 14.6 Å². The highest BCUT2D eigenvalue weighted by Crippen LogP contribution is 2.24. The molecule has 5 nitrogen and oxygen atoms in total. The Balaban J connectivity index is 1.87. The monoisotopic (exact) mass is 325 g/mol. The summed E-state index contributed by atoms with van der Waals surface area (Å²) in [6.07, 6.45) is 0. The molecule has 23 heavy (non-hydrogen) atoms. The van der Waals surface area contributed by atoms with Gasteiger partial charge in [0, 0.05) is 19.8 Å². The summed E-state index contributed by atoms with van der Waals surface area (Å²) in [4.78, 5) is 26.7. The number of thiocarbonyl (C=S) groups is 1. The predicted octanol–water partition coefficient (Wildman–Crippen LogP) is 2.55. The van der Waals surface area contributed by atoms with Crippen molar-refractivity contribution in [1.82, 2.24) is 10.0 Å². The van der Waals surface area contributed by atoms with Crippen LogP contribution in [0.25, 0.3) is 0 Å². The van der Waals surface area contributed by atoms with Gasteiger partial charge in [0.25, 0.3) is 11.8 Å². The van der Waals surface area contributed by atoms with Crippen LogP contribution in [0, 0.1) is 0 Å². The van der Waals surface area contributed by atoms with E-state index in [1.165, 1.54) is 5.01 Å². The molecule has 1 heterocycles. The molecule has 0 saturated carbocycles. The number of anilines is 1. The van der Waals surface area contributed by atoms with Gasteiger partial charge in [-0.1, -0.05) is 30.3 Å². The quantitative estimate of drug-likeness (QED) is 0.627. The molecule has 0 aromatic heterocycles. The molecule has 0 saturated heterocycles. The third-order valence-electron chi connectivity index (χ3n) is 3.78. The Morgan fingerprint density at radius 2 is 1.35 bits per heavy atom. The Kier molecular flexibility index (Phi) is 3.83. The van der Waals surface area contributed by atoms with E-state index in [9.17, 15) is 9.59 Å². The highest BCUT2D eigenvalue weighted by atomic mass is 32.1. The van der Waals surface area contributed by atoms with Crippen LogP contribution in [-0.2, 0) is 0 Å². The van der Waals surface area contributed by atoms with Crippen molar-refractivity contribution in [1.29, 1.82) is 0 Å². The first-order chi connectivity index (χ1) is 11.0. The van der Waals surface area contributed by atoms with Gasteiger partial charge < -0.3 is 4.90 Å². The summed E-state index contributed by atoms with van der Waals surface area (Å²) in [5, 5.41) is 2.84. The number of benzene rings is 2. The molecule has 2 aromatic carbocycles. The van der Waals surface area contributed by atoms with Crippen molar-refractivity contribution in [2.45, 2.75) is 0 Å². The number of carbonyl (C=O) groups is 2. The molecule has 1 aliphatic rings. The van der Waals surface area contributed by atoms with E-state index < -0.39 is 0 Å². The van der Waals surface area contributed by atoms with Gasteiger partial charge in [-0.2, -0.15) is 5.01 Å². The van der Waals surface area contributed by atoms with Crippen molar-refractivity contribution in [3.05, 3.63) is 65.7 Å². The van der Waals surface area contributed by atoms with Crippen molar-refractivity contribution in [3.63, 3.8) is 0 Å². The lowest BCUT2D eigenvalue weighted by atomic mass is 10.1. The van der Waals surface area contributed by atoms with E-state index in [4.69, 9.17) is 12.2 Å². The number of carbonyl (C=O) groups excluding carboxylic acids is 2. The number of para-hydroxylation sites is 1. The van der Waals surface area contributed by atoms with Crippen LogP contribution in [0.4, 0.5) is 5.69 Å². The van der Waals surface area contributed by atoms with Gasteiger partial charge in [-0.05, 0) is 36.5 Å². The number of hydrogen-bond donors (Lipinski definition) is 0. The molecule has 0 atom stereocenters. The molecule has 0 N–H and O–H groups in total. The topological polar surface area (TPSA) is 43.9 Å². The molecule has 6 heteroatoms. The summed E-state index contributed by atoms with van der Waals surface area (Å²) < 4.78 is 0. The van der Waals surface area contributed by atoms with E-state index in [1.807, 2.05) is 30.3 Å². The molecule has 0 spiro atoms. The first-order valence-electron chi connectivity index (χ1n) is 7.06. The SMILES string of the molecule is CN(C(=S)N(C)N1C(=O)c2ccccc2C1=O)c1ccccc1. The van der Waals surface area contributed by atoms with E-state index in [1.54, 1.807) is 43.3 Å². The highest BCUT2D eigenvalue weighted by Gasteiger charge is 2.39. The van der Waals surface area contributed by atoms with Crippen molar-refractivity contribution >= 4 is 34.8 Å². The van der Waals surface area contributed by atoms with Gasteiger partial charge in [0.15, 0.2) is 5.11 Å². The molecule has 3 rings (SSSR count). The zero-order valence-corrected chi connectivity index (χ0v) is 13.6. The van der Waals surface area contributed by atoms with Gasteiger partial charge in [0.05, 0.1) is 11.1 Å². The molecule has 0 unspecified atom stereocenters. The Morgan fingerprint density at radius 1 is 0.870 bits per heavy atom. The van der Waals surface area contributed by atoms with Crippen molar-refractivity contribution in [2.75, 3.05) is 19.0 Å². The Labute approximate surface area is 139 Å². The highest BCUT2D eigenvalue weighted by molar-refractivity contribution is 7.80. The third-order valence-corrected chi connectivity index (χ3v) is 4.32. The fraction of sp³-hybridized carbons (Fsp3) is 0.118. The lowest BCUT2D eigenvalue weighted by Gasteiger charge is -2.32. The van der Waals surface area contributed by atoms with Crippen LogP contribution >= 0.6 is 12.2 Å². The summed E-state index contributed by atoms with van der Waals surface area (Å²) in [6, 6.07) is 16.3. The van der Waals surface area contributed by atoms with Crippen LogP contribution in [0.15, 0.2) is 54.6 Å². The minimum Gasteiger partial charge on any atom is -0.321 e. The average molecular weight is 325 g/mol. The summed E-state index contributed by atoms with van der Waals surface area (Å²) in [7, 11) is 3.41. The van der Waals surface area contributed by atoms with Gasteiger partial charge in [0.2, 0.25) is 0 Å². The molecule has 2 aromatic rings. The number of fused-ring (bicyclic) bond motifs is 1. The number of imide groups is 1. The molecule has 0 radical (unpaired) electrons. The Morgan fingerprint density at radius 3 is 1.87 bits per heavy atom. The van der Waals surface area contributed by atoms with E-state index in [-0.39, 0.29) is 11.8 Å². The normalized spacial score (nSPS) is 13.0. The minimum atomic E-state index is -0.364. The van der Waals surface area contributed by atoms with Gasteiger partial charge in [-0.15, -0.1) is 0 Å². The minimum absolute atomic E-state index is 0.353. The molecular formula is C17H15N3O2S. The van der Waals surface area contributed by atoms with E-state index in [0.717, 1.165) is 10.7 Å². The second kappa shape index (κ2) is 5.81. The lowest BCUT2D eigenvalue weighted by Crippen LogP contribution is -2.51. The van der Waals surface area contributed by atoms with Crippen LogP contribution in [0.2, 0.25) is 0 Å². The van der Waals surface area contributed by atoms with Crippen LogP contribution < -0.4 is 4.90 Å². The summed E-state index contributed by atoms with van der Waals surface area (Å²) >= 11 is 5.44. The van der Waals surface area contributed by atoms with Gasteiger partial charge >= 0.3 is 0 Å².